The fraction of sp³-hybridized carbons (Fsp3) is 0.341. The summed E-state index contributed by atoms with van der Waals surface area (Å²) in [6, 6.07) is 24.6. The number of fused-ring (bicyclic) bond motifs is 2. The lowest BCUT2D eigenvalue weighted by Crippen LogP contribution is -2.47. The van der Waals surface area contributed by atoms with Crippen molar-refractivity contribution in [3.63, 3.8) is 0 Å². The second-order valence-corrected chi connectivity index (χ2v) is 14.3. The summed E-state index contributed by atoms with van der Waals surface area (Å²) in [5.74, 6) is 1.89. The van der Waals surface area contributed by atoms with Crippen LogP contribution in [0, 0.1) is 5.82 Å². The average molecular weight is 728 g/mol. The zero-order chi connectivity index (χ0) is 36.6. The van der Waals surface area contributed by atoms with E-state index in [0.717, 1.165) is 109 Å². The third kappa shape index (κ3) is 6.64. The molecule has 3 aliphatic rings. The van der Waals surface area contributed by atoms with Crippen LogP contribution in [-0.4, -0.2) is 86.7 Å². The van der Waals surface area contributed by atoms with Gasteiger partial charge in [0.05, 0.1) is 30.1 Å². The quantitative estimate of drug-likeness (QED) is 0.138. The molecule has 2 atom stereocenters. The Balaban J connectivity index is 0.809. The molecule has 7 heterocycles. The van der Waals surface area contributed by atoms with Gasteiger partial charge in [-0.05, 0) is 85.8 Å². The molecular formula is C41H42FN9O3. The molecule has 2 aromatic carbocycles. The van der Waals surface area contributed by atoms with Crippen molar-refractivity contribution in [2.45, 2.75) is 44.2 Å². The van der Waals surface area contributed by atoms with Crippen molar-refractivity contribution in [2.24, 2.45) is 0 Å². The minimum Gasteiger partial charge on any atom is -0.493 e. The van der Waals surface area contributed by atoms with Crippen molar-refractivity contribution in [1.29, 1.82) is 0 Å². The maximum atomic E-state index is 14.1. The first-order valence-corrected chi connectivity index (χ1v) is 18.9. The second kappa shape index (κ2) is 14.5. The van der Waals surface area contributed by atoms with Crippen LogP contribution in [-0.2, 0) is 9.59 Å². The topological polar surface area (TPSA) is 113 Å². The lowest BCUT2D eigenvalue weighted by molar-refractivity contribution is -0.135. The Bertz CT molecular complexity index is 2330. The van der Waals surface area contributed by atoms with E-state index in [0.29, 0.717) is 19.4 Å². The number of piperidine rings is 1. The van der Waals surface area contributed by atoms with Gasteiger partial charge in [-0.25, -0.2) is 18.9 Å². The second-order valence-electron chi connectivity index (χ2n) is 14.3. The third-order valence-corrected chi connectivity index (χ3v) is 11.0. The van der Waals surface area contributed by atoms with Crippen molar-refractivity contribution < 1.29 is 18.7 Å². The van der Waals surface area contributed by atoms with Gasteiger partial charge in [-0.1, -0.05) is 24.3 Å². The van der Waals surface area contributed by atoms with Crippen LogP contribution in [0.1, 0.15) is 49.8 Å². The molecule has 3 aliphatic heterocycles. The molecule has 0 spiro atoms. The summed E-state index contributed by atoms with van der Waals surface area (Å²) in [7, 11) is 0. The van der Waals surface area contributed by atoms with E-state index in [4.69, 9.17) is 14.8 Å². The van der Waals surface area contributed by atoms with Crippen molar-refractivity contribution in [2.75, 3.05) is 55.7 Å². The predicted octanol–water partition coefficient (Wildman–Crippen LogP) is 5.80. The average Bonchev–Trinajstić information content (AvgIpc) is 3.96. The van der Waals surface area contributed by atoms with E-state index in [-0.39, 0.29) is 23.7 Å². The molecule has 0 bridgehead atoms. The molecule has 12 nitrogen and oxygen atoms in total. The van der Waals surface area contributed by atoms with Gasteiger partial charge in [0.25, 0.3) is 0 Å². The van der Waals surface area contributed by atoms with Crippen molar-refractivity contribution in [1.82, 2.24) is 34.4 Å². The van der Waals surface area contributed by atoms with Gasteiger partial charge in [0, 0.05) is 57.3 Å². The number of pyridine rings is 1. The van der Waals surface area contributed by atoms with E-state index < -0.39 is 6.04 Å². The van der Waals surface area contributed by atoms with Crippen molar-refractivity contribution >= 4 is 40.0 Å². The summed E-state index contributed by atoms with van der Waals surface area (Å²) in [5.41, 5.74) is 4.29. The number of ether oxygens (including phenoxy) is 1. The molecule has 6 aromatic rings. The van der Waals surface area contributed by atoms with Gasteiger partial charge in [0.15, 0.2) is 5.65 Å². The Morgan fingerprint density at radius 1 is 0.870 bits per heavy atom. The van der Waals surface area contributed by atoms with Gasteiger partial charge in [-0.15, -0.1) is 5.10 Å². The lowest BCUT2D eigenvalue weighted by atomic mass is 10.0. The number of hydrogen-bond donors (Lipinski definition) is 1. The molecule has 4 aromatic heterocycles. The van der Waals surface area contributed by atoms with E-state index in [1.54, 1.807) is 12.1 Å². The molecule has 1 N–H and O–H groups in total. The summed E-state index contributed by atoms with van der Waals surface area (Å²) in [6.45, 7) is 5.98. The van der Waals surface area contributed by atoms with Crippen molar-refractivity contribution in [3.8, 4) is 17.1 Å². The fourth-order valence-electron chi connectivity index (χ4n) is 8.21. The minimum absolute atomic E-state index is 0.0761. The number of aromatic nitrogens is 5. The largest absolute Gasteiger partial charge is 0.493 e. The normalized spacial score (nSPS) is 19.6. The zero-order valence-corrected chi connectivity index (χ0v) is 30.0. The Kier molecular flexibility index (Phi) is 9.15. The van der Waals surface area contributed by atoms with Gasteiger partial charge < -0.3 is 19.1 Å². The maximum Gasteiger partial charge on any atom is 0.249 e. The van der Waals surface area contributed by atoms with E-state index in [2.05, 4.69) is 31.1 Å². The summed E-state index contributed by atoms with van der Waals surface area (Å²) >= 11 is 0. The number of amides is 2. The highest BCUT2D eigenvalue weighted by Crippen LogP contribution is 2.36. The Hall–Kier alpha value is -5.82. The number of carbonyl (C=O) groups excluding carboxylic acids is 2. The van der Waals surface area contributed by atoms with E-state index in [9.17, 15) is 14.0 Å². The molecule has 0 aliphatic carbocycles. The monoisotopic (exact) mass is 727 g/mol. The van der Waals surface area contributed by atoms with Gasteiger partial charge in [-0.2, -0.15) is 0 Å². The molecule has 3 saturated heterocycles. The molecule has 0 saturated carbocycles. The Morgan fingerprint density at radius 2 is 1.74 bits per heavy atom. The smallest absolute Gasteiger partial charge is 0.249 e. The SMILES string of the molecule is O=C1CCC(n2ccc3c(OCCCN4CCN(c5cccc(-c6cnc7ccc(N8CCC[C@@H]8c8cccc(F)c8)nn67)n5)CC4)cccc32)C(=O)N1. The molecule has 2 amide bonds. The number of anilines is 2. The highest BCUT2D eigenvalue weighted by molar-refractivity contribution is 6.00. The number of piperazine rings is 1. The fourth-order valence-corrected chi connectivity index (χ4v) is 8.21. The Labute approximate surface area is 312 Å². The number of halogens is 1. The Morgan fingerprint density at radius 3 is 2.61 bits per heavy atom. The van der Waals surface area contributed by atoms with Gasteiger partial charge >= 0.3 is 0 Å². The van der Waals surface area contributed by atoms with Crippen LogP contribution >= 0.6 is 0 Å². The van der Waals surface area contributed by atoms with Crippen LogP contribution < -0.4 is 19.9 Å². The summed E-state index contributed by atoms with van der Waals surface area (Å²) in [5, 5.41) is 8.45. The summed E-state index contributed by atoms with van der Waals surface area (Å²) < 4.78 is 24.1. The third-order valence-electron chi connectivity index (χ3n) is 11.0. The summed E-state index contributed by atoms with van der Waals surface area (Å²) in [6.07, 6.45) is 7.44. The standard InChI is InChI=1S/C41H42FN9O3/c42-29-7-1-6-28(26-29)32-10-4-19-50(32)39-15-14-37-43-27-35(51(37)46-39)31-8-2-12-38(44-31)48-23-21-47(22-24-48)18-5-25-54-36-11-3-9-33-30(36)17-20-49(33)34-13-16-40(52)45-41(34)53/h1-3,6-9,11-12,14-15,17,20,26-27,32,34H,4-5,10,13,16,18-19,21-25H2,(H,45,52,53)/t32-,34?/m1/s1. The first kappa shape index (κ1) is 34.0. The highest BCUT2D eigenvalue weighted by atomic mass is 19.1. The molecule has 276 valence electrons. The van der Waals surface area contributed by atoms with E-state index in [1.807, 2.05) is 76.1 Å². The first-order valence-electron chi connectivity index (χ1n) is 18.9. The highest BCUT2D eigenvalue weighted by Gasteiger charge is 2.30. The maximum absolute atomic E-state index is 14.1. The van der Waals surface area contributed by atoms with Crippen LogP contribution in [0.4, 0.5) is 16.0 Å². The van der Waals surface area contributed by atoms with Crippen molar-refractivity contribution in [3.05, 3.63) is 103 Å². The number of hydrogen-bond acceptors (Lipinski definition) is 9. The zero-order valence-electron chi connectivity index (χ0n) is 30.0. The molecule has 54 heavy (non-hydrogen) atoms. The number of rotatable bonds is 10. The molecule has 13 heteroatoms. The number of imide groups is 1. The number of nitrogens with zero attached hydrogens (tertiary/aromatic N) is 8. The summed E-state index contributed by atoms with van der Waals surface area (Å²) in [4.78, 5) is 40.9. The number of carbonyl (C=O) groups is 2. The number of imidazole rings is 1. The predicted molar refractivity (Wildman–Crippen MR) is 204 cm³/mol. The molecule has 1 unspecified atom stereocenters. The van der Waals surface area contributed by atoms with Crippen LogP contribution in [0.2, 0.25) is 0 Å². The van der Waals surface area contributed by atoms with Gasteiger partial charge in [-0.3, -0.25) is 19.8 Å². The van der Waals surface area contributed by atoms with Crippen LogP contribution in [0.5, 0.6) is 5.75 Å². The molecule has 9 rings (SSSR count). The first-order chi connectivity index (χ1) is 26.5. The van der Waals surface area contributed by atoms with Gasteiger partial charge in [0.1, 0.15) is 34.9 Å². The molecule has 0 radical (unpaired) electrons. The van der Waals surface area contributed by atoms with E-state index in [1.165, 1.54) is 6.07 Å². The number of nitrogens with one attached hydrogen (secondary N) is 1. The minimum atomic E-state index is -0.397. The number of benzene rings is 2. The lowest BCUT2D eigenvalue weighted by Gasteiger charge is -2.35. The molecule has 3 fully saturated rings. The van der Waals surface area contributed by atoms with Crippen LogP contribution in [0.3, 0.4) is 0 Å². The van der Waals surface area contributed by atoms with Crippen LogP contribution in [0.25, 0.3) is 27.9 Å². The molecular weight excluding hydrogens is 686 g/mol. The van der Waals surface area contributed by atoms with E-state index >= 15 is 0 Å². The van der Waals surface area contributed by atoms with Crippen LogP contribution in [0.15, 0.2) is 91.3 Å². The van der Waals surface area contributed by atoms with Gasteiger partial charge in [0.2, 0.25) is 11.8 Å².